The molecule has 0 aliphatic carbocycles. The van der Waals surface area contributed by atoms with Gasteiger partial charge in [-0.3, -0.25) is 9.59 Å². The molecule has 5 heteroatoms. The smallest absolute Gasteiger partial charge is 0.326 e. The van der Waals surface area contributed by atoms with Gasteiger partial charge in [0.15, 0.2) is 0 Å². The average Bonchev–Trinajstić information content (AvgIpc) is 2.24. The molecule has 0 N–H and O–H groups in total. The first kappa shape index (κ1) is 13.0. The summed E-state index contributed by atoms with van der Waals surface area (Å²) >= 11 is 3.24. The SMILES string of the molecule is CCCCOC(=O)Cn1cc(Br)ccc1=O. The van der Waals surface area contributed by atoms with E-state index in [1.165, 1.54) is 10.6 Å². The van der Waals surface area contributed by atoms with E-state index in [2.05, 4.69) is 15.9 Å². The Morgan fingerprint density at radius 3 is 2.94 bits per heavy atom. The van der Waals surface area contributed by atoms with Crippen molar-refractivity contribution in [1.29, 1.82) is 0 Å². The van der Waals surface area contributed by atoms with Crippen LogP contribution >= 0.6 is 15.9 Å². The van der Waals surface area contributed by atoms with Crippen LogP contribution in [0.25, 0.3) is 0 Å². The fourth-order valence-electron chi connectivity index (χ4n) is 1.14. The summed E-state index contributed by atoms with van der Waals surface area (Å²) in [5.74, 6) is -0.381. The maximum absolute atomic E-state index is 11.4. The minimum Gasteiger partial charge on any atom is -0.464 e. The Bertz CT molecular complexity index is 414. The molecule has 4 nitrogen and oxygen atoms in total. The normalized spacial score (nSPS) is 10.1. The molecule has 0 unspecified atom stereocenters. The summed E-state index contributed by atoms with van der Waals surface area (Å²) in [5.41, 5.74) is -0.212. The van der Waals surface area contributed by atoms with Crippen LogP contribution in [0.1, 0.15) is 19.8 Å². The molecule has 0 fully saturated rings. The maximum atomic E-state index is 11.4. The lowest BCUT2D eigenvalue weighted by atomic mass is 10.4. The number of aromatic nitrogens is 1. The monoisotopic (exact) mass is 287 g/mol. The number of carbonyl (C=O) groups is 1. The van der Waals surface area contributed by atoms with E-state index < -0.39 is 0 Å². The molecule has 1 heterocycles. The molecule has 0 saturated heterocycles. The van der Waals surface area contributed by atoms with Crippen LogP contribution in [0, 0.1) is 0 Å². The molecular formula is C11H14BrNO3. The van der Waals surface area contributed by atoms with Gasteiger partial charge in [-0.2, -0.15) is 0 Å². The molecule has 0 aliphatic heterocycles. The quantitative estimate of drug-likeness (QED) is 0.614. The third kappa shape index (κ3) is 4.18. The lowest BCUT2D eigenvalue weighted by Gasteiger charge is -2.06. The van der Waals surface area contributed by atoms with Crippen molar-refractivity contribution in [2.24, 2.45) is 0 Å². The van der Waals surface area contributed by atoms with Gasteiger partial charge < -0.3 is 9.30 Å². The summed E-state index contributed by atoms with van der Waals surface area (Å²) in [6.07, 6.45) is 3.40. The number of unbranched alkanes of at least 4 members (excludes halogenated alkanes) is 1. The fourth-order valence-corrected chi connectivity index (χ4v) is 1.52. The highest BCUT2D eigenvalue weighted by atomic mass is 79.9. The Balaban J connectivity index is 2.56. The molecule has 1 rings (SSSR count). The Morgan fingerprint density at radius 2 is 2.25 bits per heavy atom. The van der Waals surface area contributed by atoms with Gasteiger partial charge in [-0.25, -0.2) is 0 Å². The number of halogens is 1. The van der Waals surface area contributed by atoms with Crippen LogP contribution in [-0.4, -0.2) is 17.1 Å². The highest BCUT2D eigenvalue weighted by Gasteiger charge is 2.05. The van der Waals surface area contributed by atoms with Crippen LogP contribution in [0.3, 0.4) is 0 Å². The summed E-state index contributed by atoms with van der Waals surface area (Å²) < 4.78 is 7.04. The molecule has 0 bridgehead atoms. The zero-order chi connectivity index (χ0) is 12.0. The standard InChI is InChI=1S/C11H14BrNO3/c1-2-3-6-16-11(15)8-13-7-9(12)4-5-10(13)14/h4-5,7H,2-3,6,8H2,1H3. The Morgan fingerprint density at radius 1 is 1.50 bits per heavy atom. The van der Waals surface area contributed by atoms with Gasteiger partial charge in [0, 0.05) is 16.7 Å². The van der Waals surface area contributed by atoms with E-state index in [-0.39, 0.29) is 18.1 Å². The van der Waals surface area contributed by atoms with Crippen molar-refractivity contribution in [2.75, 3.05) is 6.61 Å². The minimum atomic E-state index is -0.381. The molecule has 16 heavy (non-hydrogen) atoms. The van der Waals surface area contributed by atoms with Crippen LogP contribution < -0.4 is 5.56 Å². The Labute approximate surface area is 102 Å². The Kier molecular flexibility index (Phi) is 5.25. The van der Waals surface area contributed by atoms with Gasteiger partial charge in [-0.05, 0) is 28.4 Å². The number of carbonyl (C=O) groups excluding carboxylic acids is 1. The number of pyridine rings is 1. The topological polar surface area (TPSA) is 48.3 Å². The van der Waals surface area contributed by atoms with E-state index in [4.69, 9.17) is 4.74 Å². The van der Waals surface area contributed by atoms with Crippen molar-refractivity contribution in [3.8, 4) is 0 Å². The third-order valence-electron chi connectivity index (χ3n) is 2.01. The van der Waals surface area contributed by atoms with Crippen molar-refractivity contribution in [2.45, 2.75) is 26.3 Å². The highest BCUT2D eigenvalue weighted by Crippen LogP contribution is 2.04. The van der Waals surface area contributed by atoms with Crippen molar-refractivity contribution >= 4 is 21.9 Å². The second kappa shape index (κ2) is 6.48. The fraction of sp³-hybridized carbons (Fsp3) is 0.455. The second-order valence-corrected chi connectivity index (χ2v) is 4.30. The number of ether oxygens (including phenoxy) is 1. The number of hydrogen-bond donors (Lipinski definition) is 0. The predicted octanol–water partition coefficient (Wildman–Crippen LogP) is 1.95. The number of rotatable bonds is 5. The number of hydrogen-bond acceptors (Lipinski definition) is 3. The first-order valence-corrected chi connectivity index (χ1v) is 5.94. The van der Waals surface area contributed by atoms with Gasteiger partial charge in [-0.1, -0.05) is 13.3 Å². The van der Waals surface area contributed by atoms with Gasteiger partial charge in [-0.15, -0.1) is 0 Å². The minimum absolute atomic E-state index is 0.0397. The van der Waals surface area contributed by atoms with E-state index in [1.807, 2.05) is 6.92 Å². The van der Waals surface area contributed by atoms with Crippen molar-refractivity contribution in [1.82, 2.24) is 4.57 Å². The predicted molar refractivity (Wildman–Crippen MR) is 64.3 cm³/mol. The van der Waals surface area contributed by atoms with Gasteiger partial charge in [0.05, 0.1) is 6.61 Å². The van der Waals surface area contributed by atoms with E-state index >= 15 is 0 Å². The average molecular weight is 288 g/mol. The highest BCUT2D eigenvalue weighted by molar-refractivity contribution is 9.10. The summed E-state index contributed by atoms with van der Waals surface area (Å²) in [5, 5.41) is 0. The molecule has 0 radical (unpaired) electrons. The molecule has 0 atom stereocenters. The lowest BCUT2D eigenvalue weighted by Crippen LogP contribution is -2.24. The molecule has 88 valence electrons. The van der Waals surface area contributed by atoms with Crippen LogP contribution in [0.15, 0.2) is 27.6 Å². The van der Waals surface area contributed by atoms with E-state index in [0.717, 1.165) is 17.3 Å². The molecule has 1 aromatic heterocycles. The Hall–Kier alpha value is -1.10. The first-order chi connectivity index (χ1) is 7.63. The number of nitrogens with zero attached hydrogens (tertiary/aromatic N) is 1. The van der Waals surface area contributed by atoms with Crippen LogP contribution in [0.5, 0.6) is 0 Å². The molecule has 0 aliphatic rings. The molecule has 0 spiro atoms. The van der Waals surface area contributed by atoms with Gasteiger partial charge in [0.25, 0.3) is 5.56 Å². The maximum Gasteiger partial charge on any atom is 0.326 e. The van der Waals surface area contributed by atoms with Crippen LogP contribution in [-0.2, 0) is 16.1 Å². The zero-order valence-corrected chi connectivity index (χ0v) is 10.7. The molecule has 0 aromatic carbocycles. The van der Waals surface area contributed by atoms with Crippen molar-refractivity contribution in [3.05, 3.63) is 33.2 Å². The lowest BCUT2D eigenvalue weighted by molar-refractivity contribution is -0.144. The molecule has 1 aromatic rings. The second-order valence-electron chi connectivity index (χ2n) is 3.39. The van der Waals surface area contributed by atoms with Crippen LogP contribution in [0.2, 0.25) is 0 Å². The van der Waals surface area contributed by atoms with E-state index in [1.54, 1.807) is 12.3 Å². The van der Waals surface area contributed by atoms with E-state index in [9.17, 15) is 9.59 Å². The summed E-state index contributed by atoms with van der Waals surface area (Å²) in [4.78, 5) is 22.7. The molecule has 0 amide bonds. The summed E-state index contributed by atoms with van der Waals surface area (Å²) in [6, 6.07) is 3.05. The van der Waals surface area contributed by atoms with Crippen molar-refractivity contribution < 1.29 is 9.53 Å². The van der Waals surface area contributed by atoms with Crippen LogP contribution in [0.4, 0.5) is 0 Å². The first-order valence-electron chi connectivity index (χ1n) is 5.15. The van der Waals surface area contributed by atoms with Gasteiger partial charge in [0.2, 0.25) is 0 Å². The zero-order valence-electron chi connectivity index (χ0n) is 9.11. The van der Waals surface area contributed by atoms with E-state index in [0.29, 0.717) is 6.61 Å². The molecular weight excluding hydrogens is 274 g/mol. The van der Waals surface area contributed by atoms with Gasteiger partial charge >= 0.3 is 5.97 Å². The molecule has 0 saturated carbocycles. The van der Waals surface area contributed by atoms with Crippen molar-refractivity contribution in [3.63, 3.8) is 0 Å². The third-order valence-corrected chi connectivity index (χ3v) is 2.48. The summed E-state index contributed by atoms with van der Waals surface area (Å²) in [6.45, 7) is 2.40. The largest absolute Gasteiger partial charge is 0.464 e. The number of esters is 1. The van der Waals surface area contributed by atoms with Gasteiger partial charge in [0.1, 0.15) is 6.54 Å². The summed E-state index contributed by atoms with van der Waals surface area (Å²) in [7, 11) is 0.